The Kier molecular flexibility index (Phi) is 3.10. The standard InChI is InChI=1S/C8H5ClF3NO/c9-7-6(2-8(10,11)12)1-5(4-14)3-13-7/h1,3-4H,2H2. The zero-order chi connectivity index (χ0) is 10.8. The molecule has 1 rings (SSSR count). The molecule has 0 amide bonds. The van der Waals surface area contributed by atoms with Crippen LogP contribution in [0.25, 0.3) is 0 Å². The van der Waals surface area contributed by atoms with Crippen molar-refractivity contribution < 1.29 is 18.0 Å². The number of hydrogen-bond acceptors (Lipinski definition) is 2. The number of pyridine rings is 1. The summed E-state index contributed by atoms with van der Waals surface area (Å²) in [6.45, 7) is 0. The fourth-order valence-electron chi connectivity index (χ4n) is 0.916. The zero-order valence-corrected chi connectivity index (χ0v) is 7.56. The number of alkyl halides is 3. The van der Waals surface area contributed by atoms with Crippen LogP contribution in [0.1, 0.15) is 15.9 Å². The highest BCUT2D eigenvalue weighted by Crippen LogP contribution is 2.25. The van der Waals surface area contributed by atoms with Crippen LogP contribution in [0.3, 0.4) is 0 Å². The Morgan fingerprint density at radius 1 is 1.50 bits per heavy atom. The van der Waals surface area contributed by atoms with Gasteiger partial charge >= 0.3 is 6.18 Å². The molecule has 6 heteroatoms. The second-order valence-electron chi connectivity index (χ2n) is 2.63. The van der Waals surface area contributed by atoms with Crippen molar-refractivity contribution in [2.24, 2.45) is 0 Å². The Bertz CT molecular complexity index is 351. The summed E-state index contributed by atoms with van der Waals surface area (Å²) in [6.07, 6.45) is -3.99. The summed E-state index contributed by atoms with van der Waals surface area (Å²) in [4.78, 5) is 13.7. The monoisotopic (exact) mass is 223 g/mol. The number of carbonyl (C=O) groups excluding carboxylic acids is 1. The fourth-order valence-corrected chi connectivity index (χ4v) is 1.09. The van der Waals surface area contributed by atoms with Crippen LogP contribution in [0.4, 0.5) is 13.2 Å². The lowest BCUT2D eigenvalue weighted by atomic mass is 10.1. The smallest absolute Gasteiger partial charge is 0.298 e. The van der Waals surface area contributed by atoms with E-state index in [0.29, 0.717) is 6.29 Å². The maximum atomic E-state index is 12.0. The van der Waals surface area contributed by atoms with Gasteiger partial charge in [-0.05, 0) is 11.6 Å². The van der Waals surface area contributed by atoms with Crippen LogP contribution in [0.15, 0.2) is 12.3 Å². The van der Waals surface area contributed by atoms with Crippen molar-refractivity contribution in [1.82, 2.24) is 4.98 Å². The minimum absolute atomic E-state index is 0.0775. The van der Waals surface area contributed by atoms with E-state index in [1.165, 1.54) is 0 Å². The van der Waals surface area contributed by atoms with Crippen molar-refractivity contribution in [1.29, 1.82) is 0 Å². The zero-order valence-electron chi connectivity index (χ0n) is 6.81. The van der Waals surface area contributed by atoms with Gasteiger partial charge in [-0.3, -0.25) is 4.79 Å². The predicted molar refractivity (Wildman–Crippen MR) is 44.4 cm³/mol. The molecule has 2 nitrogen and oxygen atoms in total. The molecule has 0 aliphatic heterocycles. The maximum absolute atomic E-state index is 12.0. The predicted octanol–water partition coefficient (Wildman–Crippen LogP) is 2.65. The number of hydrogen-bond donors (Lipinski definition) is 0. The average molecular weight is 224 g/mol. The van der Waals surface area contributed by atoms with Crippen LogP contribution in [0, 0.1) is 0 Å². The highest BCUT2D eigenvalue weighted by molar-refractivity contribution is 6.30. The number of nitrogens with zero attached hydrogens (tertiary/aromatic N) is 1. The molecule has 14 heavy (non-hydrogen) atoms. The van der Waals surface area contributed by atoms with Crippen LogP contribution in [0.5, 0.6) is 0 Å². The molecule has 0 bridgehead atoms. The Balaban J connectivity index is 3.01. The molecule has 1 aromatic rings. The van der Waals surface area contributed by atoms with Gasteiger partial charge in [0.2, 0.25) is 0 Å². The molecule has 0 aromatic carbocycles. The number of aromatic nitrogens is 1. The van der Waals surface area contributed by atoms with E-state index in [2.05, 4.69) is 4.98 Å². The quantitative estimate of drug-likeness (QED) is 0.570. The number of aldehydes is 1. The molecule has 76 valence electrons. The molecule has 0 saturated heterocycles. The molecule has 0 unspecified atom stereocenters. The van der Waals surface area contributed by atoms with E-state index in [-0.39, 0.29) is 16.3 Å². The largest absolute Gasteiger partial charge is 0.393 e. The first-order chi connectivity index (χ1) is 6.42. The molecule has 0 N–H and O–H groups in total. The molecule has 0 aliphatic carbocycles. The van der Waals surface area contributed by atoms with Crippen molar-refractivity contribution in [2.45, 2.75) is 12.6 Å². The topological polar surface area (TPSA) is 30.0 Å². The minimum atomic E-state index is -4.35. The van der Waals surface area contributed by atoms with Crippen molar-refractivity contribution >= 4 is 17.9 Å². The van der Waals surface area contributed by atoms with Gasteiger partial charge in [-0.25, -0.2) is 4.98 Å². The van der Waals surface area contributed by atoms with E-state index in [9.17, 15) is 18.0 Å². The van der Waals surface area contributed by atoms with Gasteiger partial charge in [-0.2, -0.15) is 13.2 Å². The van der Waals surface area contributed by atoms with E-state index >= 15 is 0 Å². The molecular formula is C8H5ClF3NO. The summed E-state index contributed by atoms with van der Waals surface area (Å²) >= 11 is 5.43. The van der Waals surface area contributed by atoms with E-state index in [4.69, 9.17) is 11.6 Å². The Morgan fingerprint density at radius 3 is 2.64 bits per heavy atom. The lowest BCUT2D eigenvalue weighted by molar-refractivity contribution is -0.127. The maximum Gasteiger partial charge on any atom is 0.393 e. The Labute approximate surface area is 82.7 Å². The third-order valence-electron chi connectivity index (χ3n) is 1.46. The SMILES string of the molecule is O=Cc1cnc(Cl)c(CC(F)(F)F)c1. The number of halogens is 4. The summed E-state index contributed by atoms with van der Waals surface area (Å²) < 4.78 is 35.9. The van der Waals surface area contributed by atoms with Crippen LogP contribution in [-0.2, 0) is 6.42 Å². The van der Waals surface area contributed by atoms with Crippen molar-refractivity contribution in [3.8, 4) is 0 Å². The summed E-state index contributed by atoms with van der Waals surface area (Å²) in [6, 6.07) is 1.08. The van der Waals surface area contributed by atoms with E-state index in [1.807, 2.05) is 0 Å². The van der Waals surface area contributed by atoms with Crippen molar-refractivity contribution in [2.75, 3.05) is 0 Å². The molecule has 0 aliphatic rings. The minimum Gasteiger partial charge on any atom is -0.298 e. The summed E-state index contributed by atoms with van der Waals surface area (Å²) in [5, 5.41) is -0.229. The Hall–Kier alpha value is -1.10. The van der Waals surface area contributed by atoms with Gasteiger partial charge in [0, 0.05) is 11.8 Å². The molecule has 1 aromatic heterocycles. The van der Waals surface area contributed by atoms with Crippen LogP contribution in [0.2, 0.25) is 5.15 Å². The molecule has 0 atom stereocenters. The van der Waals surface area contributed by atoms with E-state index < -0.39 is 12.6 Å². The Morgan fingerprint density at radius 2 is 2.14 bits per heavy atom. The molecule has 0 saturated carbocycles. The van der Waals surface area contributed by atoms with E-state index in [0.717, 1.165) is 12.3 Å². The third kappa shape index (κ3) is 2.99. The summed E-state index contributed by atoms with van der Waals surface area (Å²) in [5.41, 5.74) is -0.114. The first-order valence-corrected chi connectivity index (χ1v) is 3.96. The lowest BCUT2D eigenvalue weighted by Crippen LogP contribution is -2.12. The number of carbonyl (C=O) groups is 1. The highest BCUT2D eigenvalue weighted by atomic mass is 35.5. The van der Waals surface area contributed by atoms with E-state index in [1.54, 1.807) is 0 Å². The molecule has 0 spiro atoms. The van der Waals surface area contributed by atoms with Crippen LogP contribution >= 0.6 is 11.6 Å². The van der Waals surface area contributed by atoms with Gasteiger partial charge in [-0.1, -0.05) is 11.6 Å². The third-order valence-corrected chi connectivity index (χ3v) is 1.80. The van der Waals surface area contributed by atoms with Crippen LogP contribution in [-0.4, -0.2) is 17.4 Å². The molecule has 1 heterocycles. The summed E-state index contributed by atoms with van der Waals surface area (Å²) in [7, 11) is 0. The fraction of sp³-hybridized carbons (Fsp3) is 0.250. The first-order valence-electron chi connectivity index (χ1n) is 3.59. The normalized spacial score (nSPS) is 11.4. The second kappa shape index (κ2) is 3.96. The van der Waals surface area contributed by atoms with Crippen LogP contribution < -0.4 is 0 Å². The van der Waals surface area contributed by atoms with Gasteiger partial charge in [0.05, 0.1) is 6.42 Å². The lowest BCUT2D eigenvalue weighted by Gasteiger charge is -2.07. The first kappa shape index (κ1) is 11.0. The summed E-state index contributed by atoms with van der Waals surface area (Å²) in [5.74, 6) is 0. The van der Waals surface area contributed by atoms with Crippen molar-refractivity contribution in [3.63, 3.8) is 0 Å². The average Bonchev–Trinajstić information content (AvgIpc) is 2.06. The molecule has 0 fully saturated rings. The van der Waals surface area contributed by atoms with Gasteiger partial charge in [0.1, 0.15) is 5.15 Å². The van der Waals surface area contributed by atoms with Gasteiger partial charge in [0.25, 0.3) is 0 Å². The number of rotatable bonds is 2. The van der Waals surface area contributed by atoms with Gasteiger partial charge < -0.3 is 0 Å². The van der Waals surface area contributed by atoms with Crippen molar-refractivity contribution in [3.05, 3.63) is 28.5 Å². The second-order valence-corrected chi connectivity index (χ2v) is 2.99. The molecule has 0 radical (unpaired) electrons. The molecular weight excluding hydrogens is 219 g/mol. The highest BCUT2D eigenvalue weighted by Gasteiger charge is 2.29. The van der Waals surface area contributed by atoms with Gasteiger partial charge in [-0.15, -0.1) is 0 Å². The van der Waals surface area contributed by atoms with Gasteiger partial charge in [0.15, 0.2) is 6.29 Å².